The number of nitrogens with two attached hydrogens (primary N) is 1. The van der Waals surface area contributed by atoms with E-state index in [1.54, 1.807) is 0 Å². The number of hydrogen-bond donors (Lipinski definition) is 7. The Morgan fingerprint density at radius 1 is 1.00 bits per heavy atom. The average Bonchev–Trinajstić information content (AvgIpc) is 3.13. The van der Waals surface area contributed by atoms with Crippen molar-refractivity contribution in [3.63, 3.8) is 0 Å². The van der Waals surface area contributed by atoms with Gasteiger partial charge in [-0.15, -0.1) is 0 Å². The van der Waals surface area contributed by atoms with Gasteiger partial charge in [0.2, 0.25) is 17.7 Å². The van der Waals surface area contributed by atoms with Crippen molar-refractivity contribution in [2.45, 2.75) is 49.9 Å². The van der Waals surface area contributed by atoms with Crippen molar-refractivity contribution in [2.75, 3.05) is 12.3 Å². The fourth-order valence-corrected chi connectivity index (χ4v) is 3.16. The standard InChI is InChI=1S/C16H24N4O9S/c17-7(4-11(21)22)15(27)20-3-1-2-10(20)14(26)19-9(6-30)13(25)18-8(16(28)29)5-12(23)24/h7-10,30H,1-6,17H2,(H,18,25)(H,19,26)(H,21,22)(H,23,24)(H,28,29). The van der Waals surface area contributed by atoms with Crippen molar-refractivity contribution in [1.82, 2.24) is 15.5 Å². The van der Waals surface area contributed by atoms with E-state index in [1.807, 2.05) is 5.32 Å². The minimum atomic E-state index is -1.70. The number of nitrogens with zero attached hydrogens (tertiary/aromatic N) is 1. The number of aliphatic carboxylic acids is 3. The van der Waals surface area contributed by atoms with E-state index in [1.165, 1.54) is 0 Å². The number of carboxylic acid groups (broad SMARTS) is 3. The Morgan fingerprint density at radius 3 is 2.10 bits per heavy atom. The second-order valence-corrected chi connectivity index (χ2v) is 7.00. The fraction of sp³-hybridized carbons (Fsp3) is 0.625. The molecule has 0 radical (unpaired) electrons. The first-order chi connectivity index (χ1) is 14.0. The number of nitrogens with one attached hydrogen (secondary N) is 2. The highest BCUT2D eigenvalue weighted by atomic mass is 32.1. The maximum Gasteiger partial charge on any atom is 0.326 e. The minimum absolute atomic E-state index is 0.182. The maximum atomic E-state index is 12.6. The van der Waals surface area contributed by atoms with E-state index in [4.69, 9.17) is 21.1 Å². The predicted molar refractivity (Wildman–Crippen MR) is 103 cm³/mol. The van der Waals surface area contributed by atoms with Crippen LogP contribution in [0.5, 0.6) is 0 Å². The Labute approximate surface area is 176 Å². The van der Waals surface area contributed by atoms with Crippen LogP contribution in [-0.4, -0.2) is 92.3 Å². The zero-order valence-corrected chi connectivity index (χ0v) is 16.7. The van der Waals surface area contributed by atoms with Crippen LogP contribution >= 0.6 is 12.6 Å². The maximum absolute atomic E-state index is 12.6. The highest BCUT2D eigenvalue weighted by molar-refractivity contribution is 7.80. The molecule has 7 N–H and O–H groups in total. The molecule has 4 atom stereocenters. The SMILES string of the molecule is NC(CC(=O)O)C(=O)N1CCCC1C(=O)NC(CS)C(=O)NC(CC(=O)O)C(=O)O. The van der Waals surface area contributed by atoms with Gasteiger partial charge in [-0.3, -0.25) is 24.0 Å². The summed E-state index contributed by atoms with van der Waals surface area (Å²) < 4.78 is 0. The lowest BCUT2D eigenvalue weighted by Crippen LogP contribution is -2.57. The van der Waals surface area contributed by atoms with Gasteiger partial charge in [0, 0.05) is 12.3 Å². The Hall–Kier alpha value is -2.87. The molecule has 168 valence electrons. The molecule has 4 unspecified atom stereocenters. The van der Waals surface area contributed by atoms with Crippen LogP contribution in [0.25, 0.3) is 0 Å². The summed E-state index contributed by atoms with van der Waals surface area (Å²) in [6, 6.07) is -5.30. The number of rotatable bonds is 11. The summed E-state index contributed by atoms with van der Waals surface area (Å²) in [5, 5.41) is 30.9. The van der Waals surface area contributed by atoms with Crippen molar-refractivity contribution in [1.29, 1.82) is 0 Å². The first-order valence-corrected chi connectivity index (χ1v) is 9.55. The molecule has 0 aromatic heterocycles. The van der Waals surface area contributed by atoms with Crippen molar-refractivity contribution in [3.8, 4) is 0 Å². The van der Waals surface area contributed by atoms with Crippen LogP contribution < -0.4 is 16.4 Å². The van der Waals surface area contributed by atoms with Crippen molar-refractivity contribution >= 4 is 48.3 Å². The van der Waals surface area contributed by atoms with E-state index in [0.717, 1.165) is 4.90 Å². The Kier molecular flexibility index (Phi) is 9.52. The van der Waals surface area contributed by atoms with Gasteiger partial charge in [-0.2, -0.15) is 12.6 Å². The summed E-state index contributed by atoms with van der Waals surface area (Å²) in [4.78, 5) is 70.9. The Balaban J connectivity index is 2.80. The molecule has 30 heavy (non-hydrogen) atoms. The molecule has 14 heteroatoms. The monoisotopic (exact) mass is 448 g/mol. The van der Waals surface area contributed by atoms with E-state index in [9.17, 15) is 28.8 Å². The fourth-order valence-electron chi connectivity index (χ4n) is 2.90. The number of carbonyl (C=O) groups is 6. The lowest BCUT2D eigenvalue weighted by molar-refractivity contribution is -0.147. The molecular weight excluding hydrogens is 424 g/mol. The van der Waals surface area contributed by atoms with Crippen molar-refractivity contribution in [3.05, 3.63) is 0 Å². The van der Waals surface area contributed by atoms with E-state index in [2.05, 4.69) is 17.9 Å². The van der Waals surface area contributed by atoms with E-state index in [-0.39, 0.29) is 18.7 Å². The lowest BCUT2D eigenvalue weighted by atomic mass is 10.1. The van der Waals surface area contributed by atoms with Crippen molar-refractivity contribution < 1.29 is 44.1 Å². The van der Waals surface area contributed by atoms with Gasteiger partial charge in [0.25, 0.3) is 0 Å². The number of thiol groups is 1. The van der Waals surface area contributed by atoms with Gasteiger partial charge in [-0.1, -0.05) is 0 Å². The van der Waals surface area contributed by atoms with Crippen LogP contribution in [-0.2, 0) is 28.8 Å². The molecule has 0 spiro atoms. The van der Waals surface area contributed by atoms with Gasteiger partial charge in [0.15, 0.2) is 0 Å². The molecule has 0 aromatic rings. The summed E-state index contributed by atoms with van der Waals surface area (Å²) in [5.41, 5.74) is 5.58. The van der Waals surface area contributed by atoms with Gasteiger partial charge < -0.3 is 36.6 Å². The summed E-state index contributed by atoms with van der Waals surface area (Å²) in [6.07, 6.45) is -0.748. The molecule has 13 nitrogen and oxygen atoms in total. The number of likely N-dealkylation sites (tertiary alicyclic amines) is 1. The highest BCUT2D eigenvalue weighted by Crippen LogP contribution is 2.19. The third kappa shape index (κ3) is 7.18. The van der Waals surface area contributed by atoms with Crippen LogP contribution in [0, 0.1) is 0 Å². The minimum Gasteiger partial charge on any atom is -0.481 e. The second-order valence-electron chi connectivity index (χ2n) is 6.64. The van der Waals surface area contributed by atoms with Crippen molar-refractivity contribution in [2.24, 2.45) is 5.73 Å². The summed E-state index contributed by atoms with van der Waals surface area (Å²) in [6.45, 7) is 0.182. The quantitative estimate of drug-likeness (QED) is 0.161. The molecule has 1 heterocycles. The first kappa shape index (κ1) is 25.2. The number of carboxylic acids is 3. The van der Waals surface area contributed by atoms with Gasteiger partial charge in [0.1, 0.15) is 18.1 Å². The number of hydrogen-bond acceptors (Lipinski definition) is 8. The van der Waals surface area contributed by atoms with Crippen LogP contribution in [0.3, 0.4) is 0 Å². The largest absolute Gasteiger partial charge is 0.481 e. The molecule has 0 aliphatic carbocycles. The number of carbonyl (C=O) groups excluding carboxylic acids is 3. The molecule has 0 aromatic carbocycles. The average molecular weight is 448 g/mol. The molecular formula is C16H24N4O9S. The summed E-state index contributed by atoms with van der Waals surface area (Å²) >= 11 is 3.94. The van der Waals surface area contributed by atoms with E-state index < -0.39 is 72.6 Å². The molecule has 0 saturated carbocycles. The van der Waals surface area contributed by atoms with Gasteiger partial charge in [-0.05, 0) is 12.8 Å². The molecule has 3 amide bonds. The van der Waals surface area contributed by atoms with Crippen LogP contribution in [0.15, 0.2) is 0 Å². The van der Waals surface area contributed by atoms with Gasteiger partial charge in [0.05, 0.1) is 18.9 Å². The van der Waals surface area contributed by atoms with Crippen LogP contribution in [0.1, 0.15) is 25.7 Å². The van der Waals surface area contributed by atoms with E-state index >= 15 is 0 Å². The topological polar surface area (TPSA) is 216 Å². The molecule has 1 aliphatic heterocycles. The molecule has 1 rings (SSSR count). The smallest absolute Gasteiger partial charge is 0.326 e. The number of amides is 3. The Morgan fingerprint density at radius 2 is 1.60 bits per heavy atom. The third-order valence-electron chi connectivity index (χ3n) is 4.36. The zero-order valence-electron chi connectivity index (χ0n) is 15.8. The van der Waals surface area contributed by atoms with Gasteiger partial charge >= 0.3 is 17.9 Å². The Bertz CT molecular complexity index is 717. The third-order valence-corrected chi connectivity index (χ3v) is 4.72. The summed E-state index contributed by atoms with van der Waals surface area (Å²) in [7, 11) is 0. The van der Waals surface area contributed by atoms with Crippen LogP contribution in [0.4, 0.5) is 0 Å². The molecule has 0 bridgehead atoms. The second kappa shape index (κ2) is 11.3. The van der Waals surface area contributed by atoms with Crippen LogP contribution in [0.2, 0.25) is 0 Å². The molecule has 1 fully saturated rings. The van der Waals surface area contributed by atoms with Gasteiger partial charge in [-0.25, -0.2) is 4.79 Å². The summed E-state index contributed by atoms with van der Waals surface area (Å²) in [5.74, 6) is -6.88. The first-order valence-electron chi connectivity index (χ1n) is 8.92. The zero-order chi connectivity index (χ0) is 23.0. The predicted octanol–water partition coefficient (Wildman–Crippen LogP) is -2.76. The van der Waals surface area contributed by atoms with E-state index in [0.29, 0.717) is 6.42 Å². The normalized spacial score (nSPS) is 18.7. The highest BCUT2D eigenvalue weighted by Gasteiger charge is 2.38. The lowest BCUT2D eigenvalue weighted by Gasteiger charge is -2.28. The molecule has 1 saturated heterocycles. The molecule has 1 aliphatic rings.